The maximum atomic E-state index is 12.0. The largest absolute Gasteiger partial charge is 0.453 e. The number of carbonyl (C=O) groups excluding carboxylic acids is 2. The molecule has 1 saturated heterocycles. The first-order chi connectivity index (χ1) is 9.70. The predicted molar refractivity (Wildman–Crippen MR) is 75.5 cm³/mol. The number of carbonyl (C=O) groups is 2. The molecule has 2 rings (SSSR count). The lowest BCUT2D eigenvalue weighted by molar-refractivity contribution is -0.130. The van der Waals surface area contributed by atoms with Gasteiger partial charge in [0.25, 0.3) is 0 Å². The number of nitrogens with one attached hydrogen (secondary N) is 1. The van der Waals surface area contributed by atoms with Crippen molar-refractivity contribution in [2.45, 2.75) is 0 Å². The Balaban J connectivity index is 1.76. The summed E-state index contributed by atoms with van der Waals surface area (Å²) in [6, 6.07) is 9.61. The van der Waals surface area contributed by atoms with Gasteiger partial charge in [0, 0.05) is 31.9 Å². The molecule has 1 aliphatic rings. The van der Waals surface area contributed by atoms with Crippen molar-refractivity contribution in [1.29, 1.82) is 0 Å². The molecule has 0 spiro atoms. The molecule has 1 N–H and O–H groups in total. The van der Waals surface area contributed by atoms with Crippen molar-refractivity contribution >= 4 is 17.7 Å². The molecule has 0 unspecified atom stereocenters. The molecule has 1 aliphatic heterocycles. The Bertz CT molecular complexity index is 456. The fourth-order valence-electron chi connectivity index (χ4n) is 2.11. The zero-order valence-electron chi connectivity index (χ0n) is 11.5. The molecule has 0 aliphatic carbocycles. The molecule has 1 heterocycles. The summed E-state index contributed by atoms with van der Waals surface area (Å²) >= 11 is 0. The van der Waals surface area contributed by atoms with Gasteiger partial charge in [-0.05, 0) is 12.1 Å². The number of methoxy groups -OCH3 is 1. The van der Waals surface area contributed by atoms with Crippen molar-refractivity contribution in [3.63, 3.8) is 0 Å². The predicted octanol–water partition coefficient (Wildman–Crippen LogP) is 1.01. The van der Waals surface area contributed by atoms with Crippen molar-refractivity contribution in [1.82, 2.24) is 9.80 Å². The van der Waals surface area contributed by atoms with Crippen molar-refractivity contribution < 1.29 is 14.3 Å². The van der Waals surface area contributed by atoms with Crippen LogP contribution in [0.1, 0.15) is 0 Å². The van der Waals surface area contributed by atoms with Crippen LogP contribution in [0.4, 0.5) is 10.5 Å². The Hall–Kier alpha value is -2.24. The summed E-state index contributed by atoms with van der Waals surface area (Å²) in [6.45, 7) is 2.39. The van der Waals surface area contributed by atoms with E-state index in [-0.39, 0.29) is 18.5 Å². The van der Waals surface area contributed by atoms with Crippen LogP contribution in [0.15, 0.2) is 30.3 Å². The van der Waals surface area contributed by atoms with Gasteiger partial charge in [-0.1, -0.05) is 18.2 Å². The number of rotatable bonds is 3. The minimum atomic E-state index is -0.334. The minimum absolute atomic E-state index is 0.0402. The molecular formula is C14H19N3O3. The minimum Gasteiger partial charge on any atom is -0.453 e. The van der Waals surface area contributed by atoms with Crippen LogP contribution in [0.2, 0.25) is 0 Å². The third kappa shape index (κ3) is 3.63. The third-order valence-electron chi connectivity index (χ3n) is 3.28. The fraction of sp³-hybridized carbons (Fsp3) is 0.429. The average molecular weight is 277 g/mol. The highest BCUT2D eigenvalue weighted by Gasteiger charge is 2.24. The number of nitrogens with zero attached hydrogens (tertiary/aromatic N) is 2. The van der Waals surface area contributed by atoms with E-state index in [0.717, 1.165) is 5.69 Å². The summed E-state index contributed by atoms with van der Waals surface area (Å²) in [5.41, 5.74) is 0.925. The van der Waals surface area contributed by atoms with E-state index in [0.29, 0.717) is 26.2 Å². The molecule has 6 nitrogen and oxygen atoms in total. The molecule has 20 heavy (non-hydrogen) atoms. The summed E-state index contributed by atoms with van der Waals surface area (Å²) in [7, 11) is 1.36. The average Bonchev–Trinajstić information content (AvgIpc) is 2.53. The van der Waals surface area contributed by atoms with Crippen LogP contribution in [0, 0.1) is 0 Å². The van der Waals surface area contributed by atoms with Gasteiger partial charge in [-0.15, -0.1) is 0 Å². The number of anilines is 1. The molecular weight excluding hydrogens is 258 g/mol. The Kier molecular flexibility index (Phi) is 4.81. The van der Waals surface area contributed by atoms with E-state index in [1.807, 2.05) is 30.3 Å². The molecule has 0 saturated carbocycles. The Morgan fingerprint density at radius 2 is 1.70 bits per heavy atom. The quantitative estimate of drug-likeness (QED) is 0.895. The summed E-state index contributed by atoms with van der Waals surface area (Å²) in [4.78, 5) is 26.8. The van der Waals surface area contributed by atoms with E-state index in [1.54, 1.807) is 9.80 Å². The lowest BCUT2D eigenvalue weighted by atomic mass is 10.3. The fourth-order valence-corrected chi connectivity index (χ4v) is 2.11. The zero-order valence-corrected chi connectivity index (χ0v) is 11.5. The van der Waals surface area contributed by atoms with Crippen LogP contribution < -0.4 is 5.32 Å². The highest BCUT2D eigenvalue weighted by Crippen LogP contribution is 2.07. The second-order valence-corrected chi connectivity index (χ2v) is 4.56. The Morgan fingerprint density at radius 3 is 2.30 bits per heavy atom. The van der Waals surface area contributed by atoms with Gasteiger partial charge < -0.3 is 19.9 Å². The molecule has 0 bridgehead atoms. The van der Waals surface area contributed by atoms with Crippen molar-refractivity contribution in [3.05, 3.63) is 30.3 Å². The highest BCUT2D eigenvalue weighted by atomic mass is 16.5. The van der Waals surface area contributed by atoms with E-state index in [1.165, 1.54) is 7.11 Å². The summed E-state index contributed by atoms with van der Waals surface area (Å²) in [5, 5.41) is 3.09. The number of hydrogen-bond acceptors (Lipinski definition) is 4. The standard InChI is InChI=1S/C14H19N3O3/c1-20-14(19)17-9-7-16(8-10-17)13(18)11-15-12-5-3-2-4-6-12/h2-6,15H,7-11H2,1H3. The smallest absolute Gasteiger partial charge is 0.409 e. The molecule has 6 heteroatoms. The van der Waals surface area contributed by atoms with E-state index in [2.05, 4.69) is 10.1 Å². The molecule has 0 aromatic heterocycles. The SMILES string of the molecule is COC(=O)N1CCN(C(=O)CNc2ccccc2)CC1. The summed E-state index contributed by atoms with van der Waals surface area (Å²) in [5.74, 6) is 0.0402. The van der Waals surface area contributed by atoms with Gasteiger partial charge in [-0.2, -0.15) is 0 Å². The van der Waals surface area contributed by atoms with Gasteiger partial charge >= 0.3 is 6.09 Å². The lowest BCUT2D eigenvalue weighted by Crippen LogP contribution is -2.51. The molecule has 0 radical (unpaired) electrons. The van der Waals surface area contributed by atoms with Gasteiger partial charge in [0.2, 0.25) is 5.91 Å². The van der Waals surface area contributed by atoms with Gasteiger partial charge in [0.15, 0.2) is 0 Å². The van der Waals surface area contributed by atoms with Gasteiger partial charge in [-0.25, -0.2) is 4.79 Å². The molecule has 0 atom stereocenters. The monoisotopic (exact) mass is 277 g/mol. The molecule has 2 amide bonds. The number of amides is 2. The summed E-state index contributed by atoms with van der Waals surface area (Å²) < 4.78 is 4.66. The zero-order chi connectivity index (χ0) is 14.4. The van der Waals surface area contributed by atoms with E-state index in [9.17, 15) is 9.59 Å². The number of hydrogen-bond donors (Lipinski definition) is 1. The van der Waals surface area contributed by atoms with Crippen LogP contribution in [0.5, 0.6) is 0 Å². The van der Waals surface area contributed by atoms with E-state index >= 15 is 0 Å². The third-order valence-corrected chi connectivity index (χ3v) is 3.28. The van der Waals surface area contributed by atoms with Crippen molar-refractivity contribution in [3.8, 4) is 0 Å². The van der Waals surface area contributed by atoms with Gasteiger partial charge in [-0.3, -0.25) is 4.79 Å². The molecule has 108 valence electrons. The van der Waals surface area contributed by atoms with E-state index in [4.69, 9.17) is 0 Å². The maximum absolute atomic E-state index is 12.0. The van der Waals surface area contributed by atoms with Crippen molar-refractivity contribution in [2.75, 3.05) is 45.2 Å². The van der Waals surface area contributed by atoms with Crippen LogP contribution >= 0.6 is 0 Å². The van der Waals surface area contributed by atoms with Crippen LogP contribution in [0.25, 0.3) is 0 Å². The number of ether oxygens (including phenoxy) is 1. The second-order valence-electron chi connectivity index (χ2n) is 4.56. The Labute approximate surface area is 118 Å². The van der Waals surface area contributed by atoms with Crippen LogP contribution in [-0.4, -0.2) is 61.6 Å². The second kappa shape index (κ2) is 6.79. The maximum Gasteiger partial charge on any atom is 0.409 e. The Morgan fingerprint density at radius 1 is 1.10 bits per heavy atom. The van der Waals surface area contributed by atoms with Crippen molar-refractivity contribution in [2.24, 2.45) is 0 Å². The van der Waals surface area contributed by atoms with E-state index < -0.39 is 0 Å². The van der Waals surface area contributed by atoms with Gasteiger partial charge in [0.1, 0.15) is 0 Å². The van der Waals surface area contributed by atoms with Gasteiger partial charge in [0.05, 0.1) is 13.7 Å². The normalized spacial score (nSPS) is 14.8. The molecule has 1 aromatic rings. The highest BCUT2D eigenvalue weighted by molar-refractivity contribution is 5.81. The first-order valence-corrected chi connectivity index (χ1v) is 6.60. The number of para-hydroxylation sites is 1. The van der Waals surface area contributed by atoms with Crippen LogP contribution in [0.3, 0.4) is 0 Å². The number of benzene rings is 1. The molecule has 1 aromatic carbocycles. The first kappa shape index (κ1) is 14.2. The van der Waals surface area contributed by atoms with Crippen LogP contribution in [-0.2, 0) is 9.53 Å². The number of piperazine rings is 1. The molecule has 1 fully saturated rings. The first-order valence-electron chi connectivity index (χ1n) is 6.60. The topological polar surface area (TPSA) is 61.9 Å². The summed E-state index contributed by atoms with van der Waals surface area (Å²) in [6.07, 6.45) is -0.334. The lowest BCUT2D eigenvalue weighted by Gasteiger charge is -2.33.